The Labute approximate surface area is 165 Å². The third-order valence-electron chi connectivity index (χ3n) is 5.06. The van der Waals surface area contributed by atoms with Gasteiger partial charge in [0, 0.05) is 61.8 Å². The highest BCUT2D eigenvalue weighted by Crippen LogP contribution is 2.27. The predicted molar refractivity (Wildman–Crippen MR) is 113 cm³/mol. The van der Waals surface area contributed by atoms with Crippen molar-refractivity contribution in [1.82, 2.24) is 15.0 Å². The normalized spacial score (nSPS) is 14.5. The van der Waals surface area contributed by atoms with Gasteiger partial charge in [0.2, 0.25) is 5.95 Å². The summed E-state index contributed by atoms with van der Waals surface area (Å²) < 4.78 is 0. The van der Waals surface area contributed by atoms with E-state index < -0.39 is 0 Å². The molecule has 7 heteroatoms. The first kappa shape index (κ1) is 18.4. The predicted octanol–water partition coefficient (Wildman–Crippen LogP) is 2.37. The van der Waals surface area contributed by atoms with Gasteiger partial charge >= 0.3 is 0 Å². The lowest BCUT2D eigenvalue weighted by molar-refractivity contribution is 0.311. The molecule has 0 saturated carbocycles. The van der Waals surface area contributed by atoms with Crippen molar-refractivity contribution in [2.75, 3.05) is 54.4 Å². The number of nitrogens with one attached hydrogen (secondary N) is 1. The molecule has 1 aliphatic rings. The van der Waals surface area contributed by atoms with Gasteiger partial charge < -0.3 is 20.2 Å². The quantitative estimate of drug-likeness (QED) is 0.706. The molecule has 0 aliphatic carbocycles. The van der Waals surface area contributed by atoms with Gasteiger partial charge in [-0.1, -0.05) is 12.1 Å². The highest BCUT2D eigenvalue weighted by Gasteiger charge is 2.20. The molecule has 0 amide bonds. The van der Waals surface area contributed by atoms with Gasteiger partial charge in [-0.25, -0.2) is 4.98 Å². The molecule has 0 atom stereocenters. The Balaban J connectivity index is 1.50. The molecule has 2 aromatic heterocycles. The van der Waals surface area contributed by atoms with E-state index in [2.05, 4.69) is 61.3 Å². The number of benzene rings is 1. The number of aromatic nitrogens is 3. The maximum absolute atomic E-state index is 9.00. The summed E-state index contributed by atoms with van der Waals surface area (Å²) in [4.78, 5) is 18.3. The Kier molecular flexibility index (Phi) is 5.25. The van der Waals surface area contributed by atoms with Crippen LogP contribution in [-0.4, -0.2) is 59.4 Å². The molecule has 4 rings (SSSR count). The van der Waals surface area contributed by atoms with Gasteiger partial charge in [0.1, 0.15) is 5.82 Å². The number of aliphatic hydroxyl groups excluding tert-OH is 1. The number of hydrogen-bond donors (Lipinski definition) is 2. The average molecular weight is 378 g/mol. The summed E-state index contributed by atoms with van der Waals surface area (Å²) in [6.07, 6.45) is 1.90. The van der Waals surface area contributed by atoms with Gasteiger partial charge in [-0.05, 0) is 31.5 Å². The zero-order valence-corrected chi connectivity index (χ0v) is 16.4. The van der Waals surface area contributed by atoms with E-state index in [1.165, 1.54) is 16.6 Å². The molecule has 0 unspecified atom stereocenters. The van der Waals surface area contributed by atoms with Gasteiger partial charge in [-0.3, -0.25) is 4.98 Å². The van der Waals surface area contributed by atoms with Crippen LogP contribution in [0.4, 0.5) is 17.5 Å². The van der Waals surface area contributed by atoms with E-state index in [0.717, 1.165) is 43.2 Å². The van der Waals surface area contributed by atoms with Gasteiger partial charge in [-0.15, -0.1) is 0 Å². The van der Waals surface area contributed by atoms with E-state index in [9.17, 15) is 0 Å². The minimum atomic E-state index is 0.0602. The summed E-state index contributed by atoms with van der Waals surface area (Å²) in [5, 5.41) is 13.3. The van der Waals surface area contributed by atoms with Crippen LogP contribution in [0, 0.1) is 13.8 Å². The maximum Gasteiger partial charge on any atom is 0.224 e. The molecule has 0 bridgehead atoms. The third kappa shape index (κ3) is 3.84. The minimum Gasteiger partial charge on any atom is -0.395 e. The van der Waals surface area contributed by atoms with E-state index in [1.54, 1.807) is 0 Å². The van der Waals surface area contributed by atoms with E-state index in [0.29, 0.717) is 12.5 Å². The smallest absolute Gasteiger partial charge is 0.224 e. The maximum atomic E-state index is 9.00. The summed E-state index contributed by atoms with van der Waals surface area (Å²) in [6.45, 7) is 8.22. The average Bonchev–Trinajstić information content (AvgIpc) is 2.71. The first-order chi connectivity index (χ1) is 13.6. The molecule has 3 heterocycles. The number of aryl methyl sites for hydroxylation is 2. The summed E-state index contributed by atoms with van der Waals surface area (Å²) in [5.41, 5.74) is 4.44. The Morgan fingerprint density at radius 3 is 2.57 bits per heavy atom. The second-order valence-corrected chi connectivity index (χ2v) is 7.17. The van der Waals surface area contributed by atoms with E-state index in [1.807, 2.05) is 19.2 Å². The van der Waals surface area contributed by atoms with Crippen molar-refractivity contribution in [2.45, 2.75) is 13.8 Å². The van der Waals surface area contributed by atoms with Crippen LogP contribution in [0.2, 0.25) is 0 Å². The van der Waals surface area contributed by atoms with Crippen molar-refractivity contribution in [2.24, 2.45) is 0 Å². The van der Waals surface area contributed by atoms with Crippen LogP contribution in [0.25, 0.3) is 10.9 Å². The van der Waals surface area contributed by atoms with Crippen LogP contribution in [0.15, 0.2) is 36.5 Å². The van der Waals surface area contributed by atoms with Crippen molar-refractivity contribution in [3.05, 3.63) is 47.8 Å². The standard InChI is InChI=1S/C21H26N6O/c1-15-3-4-17-18(13-15)22-6-5-19(17)26-8-10-27(11-9-26)20-14-16(2)24-21(25-20)23-7-12-28/h3-6,13-14,28H,7-12H2,1-2H3,(H,23,24,25). The zero-order chi connectivity index (χ0) is 19.5. The Hall–Kier alpha value is -2.93. The van der Waals surface area contributed by atoms with Crippen molar-refractivity contribution in [3.8, 4) is 0 Å². The fourth-order valence-corrected chi connectivity index (χ4v) is 3.66. The van der Waals surface area contributed by atoms with Crippen molar-refractivity contribution >= 4 is 28.4 Å². The lowest BCUT2D eigenvalue weighted by Gasteiger charge is -2.37. The second kappa shape index (κ2) is 7.98. The Morgan fingerprint density at radius 1 is 1.00 bits per heavy atom. The summed E-state index contributed by atoms with van der Waals surface area (Å²) in [7, 11) is 0. The molecule has 146 valence electrons. The molecule has 0 radical (unpaired) electrons. The van der Waals surface area contributed by atoms with Crippen molar-refractivity contribution < 1.29 is 5.11 Å². The fourth-order valence-electron chi connectivity index (χ4n) is 3.66. The van der Waals surface area contributed by atoms with Gasteiger partial charge in [-0.2, -0.15) is 4.98 Å². The third-order valence-corrected chi connectivity index (χ3v) is 5.06. The molecule has 7 nitrogen and oxygen atoms in total. The number of rotatable bonds is 5. The van der Waals surface area contributed by atoms with Crippen molar-refractivity contribution in [1.29, 1.82) is 0 Å². The molecule has 0 spiro atoms. The van der Waals surface area contributed by atoms with Crippen LogP contribution in [-0.2, 0) is 0 Å². The zero-order valence-electron chi connectivity index (χ0n) is 16.4. The fraction of sp³-hybridized carbons (Fsp3) is 0.381. The van der Waals surface area contributed by atoms with Crippen LogP contribution in [0.5, 0.6) is 0 Å². The topological polar surface area (TPSA) is 77.4 Å². The molecular weight excluding hydrogens is 352 g/mol. The number of pyridine rings is 1. The summed E-state index contributed by atoms with van der Waals surface area (Å²) in [6, 6.07) is 10.6. The number of hydrogen-bond acceptors (Lipinski definition) is 7. The van der Waals surface area contributed by atoms with Gasteiger partial charge in [0.05, 0.1) is 12.1 Å². The first-order valence-corrected chi connectivity index (χ1v) is 9.70. The molecule has 3 aromatic rings. The Bertz CT molecular complexity index is 968. The van der Waals surface area contributed by atoms with Gasteiger partial charge in [0.25, 0.3) is 0 Å². The van der Waals surface area contributed by atoms with Gasteiger partial charge in [0.15, 0.2) is 0 Å². The largest absolute Gasteiger partial charge is 0.395 e. The highest BCUT2D eigenvalue weighted by molar-refractivity contribution is 5.92. The Morgan fingerprint density at radius 2 is 1.79 bits per heavy atom. The lowest BCUT2D eigenvalue weighted by atomic mass is 10.1. The summed E-state index contributed by atoms with van der Waals surface area (Å²) >= 11 is 0. The minimum absolute atomic E-state index is 0.0602. The molecule has 1 fully saturated rings. The number of nitrogens with zero attached hydrogens (tertiary/aromatic N) is 5. The first-order valence-electron chi connectivity index (χ1n) is 9.70. The molecule has 1 aliphatic heterocycles. The second-order valence-electron chi connectivity index (χ2n) is 7.17. The molecule has 1 aromatic carbocycles. The van der Waals surface area contributed by atoms with Crippen LogP contribution in [0.3, 0.4) is 0 Å². The highest BCUT2D eigenvalue weighted by atomic mass is 16.3. The number of fused-ring (bicyclic) bond motifs is 1. The van der Waals surface area contributed by atoms with E-state index in [4.69, 9.17) is 5.11 Å². The molecule has 1 saturated heterocycles. The SMILES string of the molecule is Cc1ccc2c(N3CCN(c4cc(C)nc(NCCO)n4)CC3)ccnc2c1. The lowest BCUT2D eigenvalue weighted by Crippen LogP contribution is -2.47. The molecular formula is C21H26N6O. The molecule has 2 N–H and O–H groups in total. The monoisotopic (exact) mass is 378 g/mol. The number of aliphatic hydroxyl groups is 1. The number of anilines is 3. The van der Waals surface area contributed by atoms with Crippen molar-refractivity contribution in [3.63, 3.8) is 0 Å². The summed E-state index contributed by atoms with van der Waals surface area (Å²) in [5.74, 6) is 1.50. The van der Waals surface area contributed by atoms with Crippen LogP contribution in [0.1, 0.15) is 11.3 Å². The number of piperazine rings is 1. The van der Waals surface area contributed by atoms with E-state index in [-0.39, 0.29) is 6.61 Å². The van der Waals surface area contributed by atoms with Crippen LogP contribution < -0.4 is 15.1 Å². The molecule has 28 heavy (non-hydrogen) atoms. The van der Waals surface area contributed by atoms with Crippen LogP contribution >= 0.6 is 0 Å². The van der Waals surface area contributed by atoms with E-state index >= 15 is 0 Å².